The van der Waals surface area contributed by atoms with Gasteiger partial charge in [0.1, 0.15) is 0 Å². The second-order valence-electron chi connectivity index (χ2n) is 6.31. The highest BCUT2D eigenvalue weighted by atomic mass is 35.5. The molecule has 2 heterocycles. The maximum atomic E-state index is 12.4. The standard InChI is InChI=1S/C16H20Cl2N2O3S2/c17-13-2-1-3-14(18)16(13)24-10-15(21)20-7-5-19(6-8-20)12-4-9-25(22,23)11-12/h1-3,12H,4-11H2/t12-/m1/s1. The van der Waals surface area contributed by atoms with E-state index in [1.807, 2.05) is 4.90 Å². The Morgan fingerprint density at radius 1 is 1.16 bits per heavy atom. The Hall–Kier alpha value is -0.470. The molecular formula is C16H20Cl2N2O3S2. The lowest BCUT2D eigenvalue weighted by Crippen LogP contribution is -2.52. The van der Waals surface area contributed by atoms with Gasteiger partial charge in [-0.3, -0.25) is 9.69 Å². The Morgan fingerprint density at radius 3 is 2.36 bits per heavy atom. The largest absolute Gasteiger partial charge is 0.339 e. The average molecular weight is 423 g/mol. The summed E-state index contributed by atoms with van der Waals surface area (Å²) in [4.78, 5) is 17.2. The van der Waals surface area contributed by atoms with E-state index in [1.165, 1.54) is 11.8 Å². The number of nitrogens with zero attached hydrogens (tertiary/aromatic N) is 2. The summed E-state index contributed by atoms with van der Waals surface area (Å²) in [5, 5.41) is 1.11. The highest BCUT2D eigenvalue weighted by molar-refractivity contribution is 8.00. The third-order valence-corrected chi connectivity index (χ3v) is 8.37. The first-order valence-electron chi connectivity index (χ1n) is 8.15. The molecule has 9 heteroatoms. The second-order valence-corrected chi connectivity index (χ2v) is 10.3. The lowest BCUT2D eigenvalue weighted by molar-refractivity contribution is -0.130. The van der Waals surface area contributed by atoms with E-state index in [-0.39, 0.29) is 23.5 Å². The topological polar surface area (TPSA) is 57.7 Å². The Balaban J connectivity index is 1.49. The van der Waals surface area contributed by atoms with E-state index < -0.39 is 9.84 Å². The van der Waals surface area contributed by atoms with Crippen LogP contribution in [0.3, 0.4) is 0 Å². The van der Waals surface area contributed by atoms with Gasteiger partial charge in [-0.15, -0.1) is 11.8 Å². The van der Waals surface area contributed by atoms with Gasteiger partial charge in [0.05, 0.1) is 27.3 Å². The number of sulfone groups is 1. The van der Waals surface area contributed by atoms with Crippen molar-refractivity contribution in [3.05, 3.63) is 28.2 Å². The number of benzene rings is 1. The van der Waals surface area contributed by atoms with Gasteiger partial charge < -0.3 is 4.90 Å². The zero-order valence-electron chi connectivity index (χ0n) is 13.7. The summed E-state index contributed by atoms with van der Waals surface area (Å²) < 4.78 is 23.2. The van der Waals surface area contributed by atoms with Crippen molar-refractivity contribution in [1.29, 1.82) is 0 Å². The Morgan fingerprint density at radius 2 is 1.80 bits per heavy atom. The van der Waals surface area contributed by atoms with Gasteiger partial charge in [-0.1, -0.05) is 29.3 Å². The molecule has 0 radical (unpaired) electrons. The quantitative estimate of drug-likeness (QED) is 0.697. The van der Waals surface area contributed by atoms with Crippen molar-refractivity contribution in [3.8, 4) is 0 Å². The van der Waals surface area contributed by atoms with E-state index >= 15 is 0 Å². The van der Waals surface area contributed by atoms with Gasteiger partial charge in [-0.2, -0.15) is 0 Å². The molecule has 2 fully saturated rings. The average Bonchev–Trinajstić information content (AvgIpc) is 2.94. The van der Waals surface area contributed by atoms with Crippen molar-refractivity contribution in [2.45, 2.75) is 17.4 Å². The van der Waals surface area contributed by atoms with Crippen LogP contribution in [-0.4, -0.2) is 73.6 Å². The molecule has 0 aromatic heterocycles. The van der Waals surface area contributed by atoms with Crippen LogP contribution in [0.1, 0.15) is 6.42 Å². The number of amides is 1. The lowest BCUT2D eigenvalue weighted by atomic mass is 10.2. The monoisotopic (exact) mass is 422 g/mol. The highest BCUT2D eigenvalue weighted by Gasteiger charge is 2.34. The highest BCUT2D eigenvalue weighted by Crippen LogP contribution is 2.34. The number of hydrogen-bond acceptors (Lipinski definition) is 5. The molecule has 25 heavy (non-hydrogen) atoms. The molecule has 1 aromatic rings. The van der Waals surface area contributed by atoms with Gasteiger partial charge >= 0.3 is 0 Å². The van der Waals surface area contributed by atoms with Crippen LogP contribution in [0.5, 0.6) is 0 Å². The van der Waals surface area contributed by atoms with E-state index in [2.05, 4.69) is 4.90 Å². The first kappa shape index (κ1) is 19.3. The Labute approximate surface area is 162 Å². The Bertz CT molecular complexity index is 729. The third kappa shape index (κ3) is 4.83. The molecule has 2 aliphatic rings. The lowest BCUT2D eigenvalue weighted by Gasteiger charge is -2.37. The minimum atomic E-state index is -2.87. The number of thioether (sulfide) groups is 1. The number of hydrogen-bond donors (Lipinski definition) is 0. The van der Waals surface area contributed by atoms with Crippen molar-refractivity contribution < 1.29 is 13.2 Å². The van der Waals surface area contributed by atoms with Crippen LogP contribution in [0.2, 0.25) is 10.0 Å². The number of rotatable bonds is 4. The minimum absolute atomic E-state index is 0.0553. The Kier molecular flexibility index (Phi) is 6.21. The maximum absolute atomic E-state index is 12.4. The molecule has 138 valence electrons. The van der Waals surface area contributed by atoms with Crippen molar-refractivity contribution in [2.24, 2.45) is 0 Å². The molecule has 1 aromatic carbocycles. The van der Waals surface area contributed by atoms with Gasteiger partial charge in [0.2, 0.25) is 5.91 Å². The summed E-state index contributed by atoms with van der Waals surface area (Å²) in [6.45, 7) is 2.71. The third-order valence-electron chi connectivity index (χ3n) is 4.65. The molecule has 0 aliphatic carbocycles. The molecule has 2 aliphatic heterocycles. The van der Waals surface area contributed by atoms with E-state index in [0.717, 1.165) is 18.0 Å². The van der Waals surface area contributed by atoms with Gasteiger partial charge in [0.25, 0.3) is 0 Å². The van der Waals surface area contributed by atoms with Crippen molar-refractivity contribution in [1.82, 2.24) is 9.80 Å². The predicted octanol–water partition coefficient (Wildman–Crippen LogP) is 2.42. The molecule has 3 rings (SSSR count). The molecule has 0 unspecified atom stereocenters. The fraction of sp³-hybridized carbons (Fsp3) is 0.562. The summed E-state index contributed by atoms with van der Waals surface area (Å²) in [6.07, 6.45) is 0.705. The molecule has 0 saturated carbocycles. The molecule has 1 atom stereocenters. The number of halogens is 2. The SMILES string of the molecule is O=C(CSc1c(Cl)cccc1Cl)N1CCN([C@@H]2CCS(=O)(=O)C2)CC1. The summed E-state index contributed by atoms with van der Waals surface area (Å²) in [7, 11) is -2.87. The maximum Gasteiger partial charge on any atom is 0.233 e. The van der Waals surface area contributed by atoms with Crippen LogP contribution >= 0.6 is 35.0 Å². The summed E-state index contributed by atoms with van der Waals surface area (Å²) in [5.74, 6) is 0.884. The van der Waals surface area contributed by atoms with Crippen molar-refractivity contribution in [2.75, 3.05) is 43.4 Å². The molecule has 5 nitrogen and oxygen atoms in total. The van der Waals surface area contributed by atoms with Crippen molar-refractivity contribution >= 4 is 50.7 Å². The molecule has 1 amide bonds. The van der Waals surface area contributed by atoms with Crippen LogP contribution in [0.4, 0.5) is 0 Å². The minimum Gasteiger partial charge on any atom is -0.339 e. The zero-order chi connectivity index (χ0) is 18.0. The second kappa shape index (κ2) is 8.05. The normalized spacial score (nSPS) is 23.8. The number of piperazine rings is 1. The van der Waals surface area contributed by atoms with E-state index in [0.29, 0.717) is 35.3 Å². The fourth-order valence-corrected chi connectivity index (χ4v) is 6.59. The fourth-order valence-electron chi connectivity index (χ4n) is 3.25. The molecule has 0 spiro atoms. The van der Waals surface area contributed by atoms with Crippen LogP contribution in [0.25, 0.3) is 0 Å². The zero-order valence-corrected chi connectivity index (χ0v) is 16.8. The molecule has 2 saturated heterocycles. The predicted molar refractivity (Wildman–Crippen MR) is 102 cm³/mol. The van der Waals surface area contributed by atoms with E-state index in [1.54, 1.807) is 18.2 Å². The summed E-state index contributed by atoms with van der Waals surface area (Å²) in [5.41, 5.74) is 0. The van der Waals surface area contributed by atoms with Gasteiger partial charge in [-0.25, -0.2) is 8.42 Å². The van der Waals surface area contributed by atoms with Crippen LogP contribution in [0, 0.1) is 0 Å². The van der Waals surface area contributed by atoms with Gasteiger partial charge in [0.15, 0.2) is 9.84 Å². The van der Waals surface area contributed by atoms with Gasteiger partial charge in [-0.05, 0) is 18.6 Å². The molecule has 0 bridgehead atoms. The van der Waals surface area contributed by atoms with E-state index in [9.17, 15) is 13.2 Å². The van der Waals surface area contributed by atoms with Crippen LogP contribution in [-0.2, 0) is 14.6 Å². The van der Waals surface area contributed by atoms with Gasteiger partial charge in [0, 0.05) is 37.1 Å². The molecule has 0 N–H and O–H groups in total. The number of carbonyl (C=O) groups is 1. The summed E-state index contributed by atoms with van der Waals surface area (Å²) in [6, 6.07) is 5.40. The van der Waals surface area contributed by atoms with Crippen LogP contribution < -0.4 is 0 Å². The first-order valence-corrected chi connectivity index (χ1v) is 11.7. The van der Waals surface area contributed by atoms with Crippen molar-refractivity contribution in [3.63, 3.8) is 0 Å². The summed E-state index contributed by atoms with van der Waals surface area (Å²) >= 11 is 13.6. The smallest absolute Gasteiger partial charge is 0.233 e. The van der Waals surface area contributed by atoms with Crippen LogP contribution in [0.15, 0.2) is 23.1 Å². The van der Waals surface area contributed by atoms with E-state index in [4.69, 9.17) is 23.2 Å². The number of carbonyl (C=O) groups excluding carboxylic acids is 1. The first-order chi connectivity index (χ1) is 11.9. The molecular weight excluding hydrogens is 403 g/mol.